The van der Waals surface area contributed by atoms with Crippen molar-refractivity contribution >= 4 is 11.9 Å². The third kappa shape index (κ3) is 6.03. The lowest BCUT2D eigenvalue weighted by Gasteiger charge is -2.20. The molecule has 1 N–H and O–H groups in total. The van der Waals surface area contributed by atoms with Crippen molar-refractivity contribution in [1.29, 1.82) is 0 Å². The summed E-state index contributed by atoms with van der Waals surface area (Å²) in [6, 6.07) is 9.28. The fraction of sp³-hybridized carbons (Fsp3) is 0.429. The van der Waals surface area contributed by atoms with Gasteiger partial charge in [0, 0.05) is 5.54 Å². The molecule has 0 aromatic heterocycles. The standard InChI is InChI=1S/C14H19NO3/c1-14(2,3)15-12(16)10-18-13(17)9-11-7-5-4-6-8-11/h4-8H,9-10H2,1-3H3,(H,15,16). The van der Waals surface area contributed by atoms with Gasteiger partial charge in [0.2, 0.25) is 0 Å². The second kappa shape index (κ2) is 6.19. The van der Waals surface area contributed by atoms with Gasteiger partial charge < -0.3 is 10.1 Å². The predicted octanol–water partition coefficient (Wildman–Crippen LogP) is 1.69. The SMILES string of the molecule is CC(C)(C)NC(=O)COC(=O)Cc1ccccc1. The molecule has 0 radical (unpaired) electrons. The first-order chi connectivity index (χ1) is 8.37. The summed E-state index contributed by atoms with van der Waals surface area (Å²) in [5.74, 6) is -0.686. The van der Waals surface area contributed by atoms with Crippen LogP contribution in [0.5, 0.6) is 0 Å². The van der Waals surface area contributed by atoms with E-state index in [9.17, 15) is 9.59 Å². The van der Waals surface area contributed by atoms with Crippen LogP contribution in [0.1, 0.15) is 26.3 Å². The first-order valence-corrected chi connectivity index (χ1v) is 5.87. The van der Waals surface area contributed by atoms with Crippen molar-refractivity contribution in [3.05, 3.63) is 35.9 Å². The Labute approximate surface area is 107 Å². The number of benzene rings is 1. The van der Waals surface area contributed by atoms with Gasteiger partial charge in [0.1, 0.15) is 0 Å². The molecule has 18 heavy (non-hydrogen) atoms. The fourth-order valence-electron chi connectivity index (χ4n) is 1.41. The summed E-state index contributed by atoms with van der Waals surface area (Å²) in [4.78, 5) is 22.9. The van der Waals surface area contributed by atoms with Crippen LogP contribution in [0.4, 0.5) is 0 Å². The smallest absolute Gasteiger partial charge is 0.310 e. The molecule has 4 nitrogen and oxygen atoms in total. The summed E-state index contributed by atoms with van der Waals surface area (Å²) >= 11 is 0. The zero-order valence-electron chi connectivity index (χ0n) is 11.0. The largest absolute Gasteiger partial charge is 0.455 e. The molecule has 0 atom stereocenters. The molecule has 1 aromatic rings. The van der Waals surface area contributed by atoms with Crippen molar-refractivity contribution < 1.29 is 14.3 Å². The second-order valence-corrected chi connectivity index (χ2v) is 5.12. The van der Waals surface area contributed by atoms with E-state index in [4.69, 9.17) is 4.74 Å². The van der Waals surface area contributed by atoms with Gasteiger partial charge in [-0.2, -0.15) is 0 Å². The van der Waals surface area contributed by atoms with E-state index < -0.39 is 5.97 Å². The highest BCUT2D eigenvalue weighted by atomic mass is 16.5. The van der Waals surface area contributed by atoms with E-state index in [0.717, 1.165) is 5.56 Å². The minimum atomic E-state index is -0.398. The molecule has 0 aliphatic carbocycles. The molecule has 1 amide bonds. The van der Waals surface area contributed by atoms with Crippen LogP contribution >= 0.6 is 0 Å². The third-order valence-corrected chi connectivity index (χ3v) is 2.07. The first-order valence-electron chi connectivity index (χ1n) is 5.87. The Hall–Kier alpha value is -1.84. The van der Waals surface area contributed by atoms with Crippen LogP contribution in [-0.2, 0) is 20.7 Å². The summed E-state index contributed by atoms with van der Waals surface area (Å²) in [5.41, 5.74) is 0.557. The second-order valence-electron chi connectivity index (χ2n) is 5.12. The van der Waals surface area contributed by atoms with Gasteiger partial charge in [-0.15, -0.1) is 0 Å². The number of carbonyl (C=O) groups is 2. The van der Waals surface area contributed by atoms with Crippen LogP contribution < -0.4 is 5.32 Å². The highest BCUT2D eigenvalue weighted by Gasteiger charge is 2.15. The van der Waals surface area contributed by atoms with Gasteiger partial charge in [0.05, 0.1) is 6.42 Å². The highest BCUT2D eigenvalue weighted by Crippen LogP contribution is 2.01. The normalized spacial score (nSPS) is 10.8. The highest BCUT2D eigenvalue weighted by molar-refractivity contribution is 5.81. The molecule has 0 spiro atoms. The molecule has 0 fully saturated rings. The summed E-state index contributed by atoms with van der Waals surface area (Å²) in [5, 5.41) is 2.72. The number of ether oxygens (including phenoxy) is 1. The van der Waals surface area contributed by atoms with Gasteiger partial charge in [-0.1, -0.05) is 30.3 Å². The van der Waals surface area contributed by atoms with E-state index in [1.807, 2.05) is 51.1 Å². The lowest BCUT2D eigenvalue weighted by molar-refractivity contribution is -0.148. The number of hydrogen-bond acceptors (Lipinski definition) is 3. The summed E-state index contributed by atoms with van der Waals surface area (Å²) in [7, 11) is 0. The number of carbonyl (C=O) groups excluding carboxylic acids is 2. The fourth-order valence-corrected chi connectivity index (χ4v) is 1.41. The molecular weight excluding hydrogens is 230 g/mol. The summed E-state index contributed by atoms with van der Waals surface area (Å²) in [6.07, 6.45) is 0.184. The van der Waals surface area contributed by atoms with Gasteiger partial charge in [-0.05, 0) is 26.3 Å². The van der Waals surface area contributed by atoms with E-state index in [0.29, 0.717) is 0 Å². The monoisotopic (exact) mass is 249 g/mol. The minimum absolute atomic E-state index is 0.184. The minimum Gasteiger partial charge on any atom is -0.455 e. The molecule has 0 aliphatic rings. The van der Waals surface area contributed by atoms with Crippen LogP contribution in [0.15, 0.2) is 30.3 Å². The number of amides is 1. The quantitative estimate of drug-likeness (QED) is 0.826. The Bertz CT molecular complexity index is 407. The van der Waals surface area contributed by atoms with Crippen LogP contribution in [0.25, 0.3) is 0 Å². The van der Waals surface area contributed by atoms with E-state index in [-0.39, 0.29) is 24.5 Å². The van der Waals surface area contributed by atoms with E-state index in [1.54, 1.807) is 0 Å². The molecule has 0 saturated carbocycles. The van der Waals surface area contributed by atoms with Crippen LogP contribution in [-0.4, -0.2) is 24.0 Å². The van der Waals surface area contributed by atoms with Crippen molar-refractivity contribution in [3.63, 3.8) is 0 Å². The van der Waals surface area contributed by atoms with E-state index in [1.165, 1.54) is 0 Å². The zero-order valence-corrected chi connectivity index (χ0v) is 11.0. The first kappa shape index (κ1) is 14.2. The third-order valence-electron chi connectivity index (χ3n) is 2.07. The summed E-state index contributed by atoms with van der Waals surface area (Å²) < 4.78 is 4.90. The lowest BCUT2D eigenvalue weighted by atomic mass is 10.1. The average molecular weight is 249 g/mol. The van der Waals surface area contributed by atoms with Crippen LogP contribution in [0, 0.1) is 0 Å². The van der Waals surface area contributed by atoms with Gasteiger partial charge in [-0.25, -0.2) is 0 Å². The maximum atomic E-state index is 11.5. The number of rotatable bonds is 4. The van der Waals surface area contributed by atoms with Crippen molar-refractivity contribution in [2.75, 3.05) is 6.61 Å². The maximum absolute atomic E-state index is 11.5. The molecule has 0 heterocycles. The lowest BCUT2D eigenvalue weighted by Crippen LogP contribution is -2.42. The molecular formula is C14H19NO3. The molecule has 0 bridgehead atoms. The van der Waals surface area contributed by atoms with Crippen molar-refractivity contribution in [2.45, 2.75) is 32.7 Å². The Morgan fingerprint density at radius 2 is 1.78 bits per heavy atom. The Morgan fingerprint density at radius 1 is 1.17 bits per heavy atom. The molecule has 0 saturated heterocycles. The van der Waals surface area contributed by atoms with Crippen LogP contribution in [0.3, 0.4) is 0 Å². The van der Waals surface area contributed by atoms with Crippen molar-refractivity contribution in [1.82, 2.24) is 5.32 Å². The maximum Gasteiger partial charge on any atom is 0.310 e. The molecule has 1 aromatic carbocycles. The van der Waals surface area contributed by atoms with E-state index in [2.05, 4.69) is 5.32 Å². The molecule has 1 rings (SSSR count). The van der Waals surface area contributed by atoms with Gasteiger partial charge in [0.15, 0.2) is 6.61 Å². The molecule has 98 valence electrons. The number of hydrogen-bond donors (Lipinski definition) is 1. The molecule has 4 heteroatoms. The van der Waals surface area contributed by atoms with E-state index >= 15 is 0 Å². The van der Waals surface area contributed by atoms with Crippen LogP contribution in [0.2, 0.25) is 0 Å². The topological polar surface area (TPSA) is 55.4 Å². The Kier molecular flexibility index (Phi) is 4.89. The number of esters is 1. The summed E-state index contributed by atoms with van der Waals surface area (Å²) in [6.45, 7) is 5.38. The van der Waals surface area contributed by atoms with Crippen molar-refractivity contribution in [3.8, 4) is 0 Å². The zero-order chi connectivity index (χ0) is 13.6. The molecule has 0 aliphatic heterocycles. The average Bonchev–Trinajstić information content (AvgIpc) is 2.25. The Balaban J connectivity index is 2.32. The van der Waals surface area contributed by atoms with Gasteiger partial charge in [0.25, 0.3) is 5.91 Å². The molecule has 0 unspecified atom stereocenters. The predicted molar refractivity (Wildman–Crippen MR) is 69.0 cm³/mol. The Morgan fingerprint density at radius 3 is 2.33 bits per heavy atom. The van der Waals surface area contributed by atoms with Gasteiger partial charge in [-0.3, -0.25) is 9.59 Å². The van der Waals surface area contributed by atoms with Gasteiger partial charge >= 0.3 is 5.97 Å². The van der Waals surface area contributed by atoms with Crippen molar-refractivity contribution in [2.24, 2.45) is 0 Å². The number of nitrogens with one attached hydrogen (secondary N) is 1.